The summed E-state index contributed by atoms with van der Waals surface area (Å²) >= 11 is 3.35. The summed E-state index contributed by atoms with van der Waals surface area (Å²) in [5.74, 6) is 0. The average Bonchev–Trinajstić information content (AvgIpc) is 2.06. The lowest BCUT2D eigenvalue weighted by Gasteiger charge is -2.19. The van der Waals surface area contributed by atoms with Crippen LogP contribution in [0.5, 0.6) is 0 Å². The molecule has 0 aliphatic carbocycles. The first-order valence-corrected chi connectivity index (χ1v) is 5.48. The van der Waals surface area contributed by atoms with E-state index in [0.717, 1.165) is 10.0 Å². The monoisotopic (exact) mass is 271 g/mol. The van der Waals surface area contributed by atoms with Crippen molar-refractivity contribution in [2.24, 2.45) is 0 Å². The molecular formula is C11H14BrNO2. The molecule has 0 spiro atoms. The van der Waals surface area contributed by atoms with E-state index < -0.39 is 0 Å². The van der Waals surface area contributed by atoms with Gasteiger partial charge in [0.05, 0.1) is 4.92 Å². The molecule has 0 saturated heterocycles. The molecule has 1 aromatic rings. The van der Waals surface area contributed by atoms with Gasteiger partial charge in [-0.1, -0.05) is 36.7 Å². The smallest absolute Gasteiger partial charge is 0.258 e. The molecule has 3 nitrogen and oxygen atoms in total. The minimum absolute atomic E-state index is 0.0824. The Morgan fingerprint density at radius 3 is 2.27 bits per heavy atom. The average molecular weight is 272 g/mol. The van der Waals surface area contributed by atoms with E-state index >= 15 is 0 Å². The summed E-state index contributed by atoms with van der Waals surface area (Å²) < 4.78 is 0.793. The Balaban J connectivity index is 3.43. The number of benzene rings is 1. The molecule has 0 aliphatic heterocycles. The lowest BCUT2D eigenvalue weighted by molar-refractivity contribution is -0.385. The quantitative estimate of drug-likeness (QED) is 0.573. The molecule has 0 bridgehead atoms. The van der Waals surface area contributed by atoms with Crippen LogP contribution in [0.3, 0.4) is 0 Å². The summed E-state index contributed by atoms with van der Waals surface area (Å²) in [5, 5.41) is 10.8. The van der Waals surface area contributed by atoms with Crippen LogP contribution in [-0.4, -0.2) is 4.92 Å². The highest BCUT2D eigenvalue weighted by atomic mass is 79.9. The second kappa shape index (κ2) is 3.93. The Morgan fingerprint density at radius 2 is 1.87 bits per heavy atom. The molecule has 82 valence electrons. The Morgan fingerprint density at radius 1 is 1.33 bits per heavy atom. The van der Waals surface area contributed by atoms with Gasteiger partial charge in [-0.2, -0.15) is 0 Å². The van der Waals surface area contributed by atoms with Crippen molar-refractivity contribution in [3.63, 3.8) is 0 Å². The fourth-order valence-electron chi connectivity index (χ4n) is 1.29. The van der Waals surface area contributed by atoms with E-state index in [4.69, 9.17) is 0 Å². The molecule has 0 radical (unpaired) electrons. The normalized spacial score (nSPS) is 11.5. The maximum absolute atomic E-state index is 10.8. The molecular weight excluding hydrogens is 258 g/mol. The largest absolute Gasteiger partial charge is 0.273 e. The topological polar surface area (TPSA) is 43.1 Å². The third kappa shape index (κ3) is 2.56. The summed E-state index contributed by atoms with van der Waals surface area (Å²) in [5.41, 5.74) is 1.73. The fraction of sp³-hybridized carbons (Fsp3) is 0.455. The van der Waals surface area contributed by atoms with Gasteiger partial charge >= 0.3 is 0 Å². The maximum Gasteiger partial charge on any atom is 0.273 e. The predicted molar refractivity (Wildman–Crippen MR) is 64.2 cm³/mol. The molecule has 0 fully saturated rings. The van der Waals surface area contributed by atoms with Gasteiger partial charge in [0, 0.05) is 16.1 Å². The van der Waals surface area contributed by atoms with Crippen LogP contribution < -0.4 is 0 Å². The number of nitro groups is 1. The van der Waals surface area contributed by atoms with Crippen molar-refractivity contribution in [3.8, 4) is 0 Å². The van der Waals surface area contributed by atoms with Crippen molar-refractivity contribution >= 4 is 21.6 Å². The van der Waals surface area contributed by atoms with Crippen LogP contribution in [0.25, 0.3) is 0 Å². The molecule has 0 N–H and O–H groups in total. The van der Waals surface area contributed by atoms with E-state index in [1.165, 1.54) is 0 Å². The summed E-state index contributed by atoms with van der Waals surface area (Å²) in [6.07, 6.45) is 0. The van der Waals surface area contributed by atoms with Crippen LogP contribution in [0, 0.1) is 17.0 Å². The molecule has 0 atom stereocenters. The van der Waals surface area contributed by atoms with Crippen LogP contribution in [0.1, 0.15) is 31.9 Å². The summed E-state index contributed by atoms with van der Waals surface area (Å²) in [4.78, 5) is 10.5. The van der Waals surface area contributed by atoms with E-state index in [2.05, 4.69) is 15.9 Å². The van der Waals surface area contributed by atoms with Gasteiger partial charge in [-0.15, -0.1) is 0 Å². The van der Waals surface area contributed by atoms with Crippen LogP contribution in [0.2, 0.25) is 0 Å². The Bertz CT molecular complexity index is 408. The number of nitro benzene ring substituents is 1. The zero-order valence-electron chi connectivity index (χ0n) is 9.30. The van der Waals surface area contributed by atoms with Gasteiger partial charge in [-0.3, -0.25) is 10.1 Å². The summed E-state index contributed by atoms with van der Waals surface area (Å²) in [7, 11) is 0. The predicted octanol–water partition coefficient (Wildman–Crippen LogP) is 3.96. The maximum atomic E-state index is 10.8. The first kappa shape index (κ1) is 12.2. The molecule has 0 heterocycles. The Labute approximate surface area is 97.8 Å². The summed E-state index contributed by atoms with van der Waals surface area (Å²) in [6.45, 7) is 7.85. The van der Waals surface area contributed by atoms with Crippen LogP contribution in [0.4, 0.5) is 5.69 Å². The molecule has 0 saturated carbocycles. The number of halogens is 1. The molecule has 0 amide bonds. The highest BCUT2D eigenvalue weighted by molar-refractivity contribution is 9.10. The van der Waals surface area contributed by atoms with Crippen LogP contribution >= 0.6 is 15.9 Å². The van der Waals surface area contributed by atoms with Gasteiger partial charge in [-0.25, -0.2) is 0 Å². The van der Waals surface area contributed by atoms with Crippen LogP contribution in [0.15, 0.2) is 16.6 Å². The molecule has 1 aromatic carbocycles. The number of nitrogens with zero attached hydrogens (tertiary/aromatic N) is 1. The highest BCUT2D eigenvalue weighted by Gasteiger charge is 2.21. The van der Waals surface area contributed by atoms with Gasteiger partial charge in [0.15, 0.2) is 0 Å². The molecule has 4 heteroatoms. The van der Waals surface area contributed by atoms with E-state index in [1.807, 2.05) is 26.8 Å². The van der Waals surface area contributed by atoms with Crippen molar-refractivity contribution in [1.82, 2.24) is 0 Å². The van der Waals surface area contributed by atoms with E-state index in [-0.39, 0.29) is 16.0 Å². The second-order valence-corrected chi connectivity index (χ2v) is 5.46. The zero-order chi connectivity index (χ0) is 11.8. The Hall–Kier alpha value is -0.900. The number of hydrogen-bond donors (Lipinski definition) is 0. The van der Waals surface area contributed by atoms with Crippen LogP contribution in [-0.2, 0) is 5.41 Å². The van der Waals surface area contributed by atoms with Gasteiger partial charge in [-0.05, 0) is 24.0 Å². The van der Waals surface area contributed by atoms with Gasteiger partial charge < -0.3 is 0 Å². The third-order valence-electron chi connectivity index (χ3n) is 2.38. The van der Waals surface area contributed by atoms with Crippen molar-refractivity contribution < 1.29 is 4.92 Å². The Kier molecular flexibility index (Phi) is 3.19. The first-order chi connectivity index (χ1) is 6.73. The minimum atomic E-state index is -0.338. The molecule has 0 unspecified atom stereocenters. The van der Waals surface area contributed by atoms with E-state index in [1.54, 1.807) is 13.0 Å². The lowest BCUT2D eigenvalue weighted by Crippen LogP contribution is -2.12. The SMILES string of the molecule is Cc1c(Br)cc(C(C)(C)C)cc1[N+](=O)[O-]. The van der Waals surface area contributed by atoms with Gasteiger partial charge in [0.25, 0.3) is 5.69 Å². The lowest BCUT2D eigenvalue weighted by atomic mass is 9.86. The molecule has 0 aromatic heterocycles. The zero-order valence-corrected chi connectivity index (χ0v) is 10.9. The number of rotatable bonds is 1. The third-order valence-corrected chi connectivity index (χ3v) is 3.20. The molecule has 1 rings (SSSR count). The minimum Gasteiger partial charge on any atom is -0.258 e. The van der Waals surface area contributed by atoms with E-state index in [9.17, 15) is 10.1 Å². The second-order valence-electron chi connectivity index (χ2n) is 4.61. The molecule has 0 aliphatic rings. The summed E-state index contributed by atoms with van der Waals surface area (Å²) in [6, 6.07) is 3.60. The van der Waals surface area contributed by atoms with Crippen molar-refractivity contribution in [2.75, 3.05) is 0 Å². The van der Waals surface area contributed by atoms with Crippen molar-refractivity contribution in [1.29, 1.82) is 0 Å². The highest BCUT2D eigenvalue weighted by Crippen LogP contribution is 2.33. The van der Waals surface area contributed by atoms with Gasteiger partial charge in [0.2, 0.25) is 0 Å². The number of hydrogen-bond acceptors (Lipinski definition) is 2. The van der Waals surface area contributed by atoms with Gasteiger partial charge in [0.1, 0.15) is 0 Å². The standard InChI is InChI=1S/C11H14BrNO2/c1-7-9(12)5-8(11(2,3)4)6-10(7)13(14)15/h5-6H,1-4H3. The van der Waals surface area contributed by atoms with E-state index in [0.29, 0.717) is 5.56 Å². The van der Waals surface area contributed by atoms with Crippen molar-refractivity contribution in [3.05, 3.63) is 37.8 Å². The molecule has 15 heavy (non-hydrogen) atoms. The van der Waals surface area contributed by atoms with Crippen molar-refractivity contribution in [2.45, 2.75) is 33.1 Å². The fourth-order valence-corrected chi connectivity index (χ4v) is 1.74. The first-order valence-electron chi connectivity index (χ1n) is 4.68.